The molecule has 0 amide bonds. The lowest BCUT2D eigenvalue weighted by Gasteiger charge is -2.27. The molecule has 5 rings (SSSR count). The van der Waals surface area contributed by atoms with E-state index in [1.165, 1.54) is 17.8 Å². The van der Waals surface area contributed by atoms with E-state index in [1.807, 2.05) is 30.3 Å². The van der Waals surface area contributed by atoms with Crippen molar-refractivity contribution in [2.24, 2.45) is 0 Å². The first-order chi connectivity index (χ1) is 18.0. The number of H-pyrrole nitrogens is 1. The summed E-state index contributed by atoms with van der Waals surface area (Å²) in [5, 5.41) is 24.5. The molecule has 2 fully saturated rings. The molecule has 4 heterocycles. The average Bonchev–Trinajstić information content (AvgIpc) is 3.54. The third-order valence-corrected chi connectivity index (χ3v) is 10.5. The molecule has 0 saturated carbocycles. The predicted octanol–water partition coefficient (Wildman–Crippen LogP) is 0.845. The van der Waals surface area contributed by atoms with Gasteiger partial charge in [0.2, 0.25) is 5.95 Å². The molecule has 16 heteroatoms. The summed E-state index contributed by atoms with van der Waals surface area (Å²) in [5.74, 6) is -0.561. The highest BCUT2D eigenvalue weighted by molar-refractivity contribution is 8.56. The van der Waals surface area contributed by atoms with Crippen molar-refractivity contribution in [3.05, 3.63) is 52.6 Å². The van der Waals surface area contributed by atoms with Crippen LogP contribution in [0.3, 0.4) is 0 Å². The Balaban J connectivity index is 1.23. The van der Waals surface area contributed by atoms with Crippen LogP contribution in [0.2, 0.25) is 0 Å². The number of aliphatic hydroxyl groups is 2. The van der Waals surface area contributed by atoms with E-state index < -0.39 is 54.4 Å². The van der Waals surface area contributed by atoms with Crippen LogP contribution in [0.15, 0.2) is 41.5 Å². The van der Waals surface area contributed by atoms with E-state index in [1.54, 1.807) is 6.92 Å². The first kappa shape index (κ1) is 26.8. The van der Waals surface area contributed by atoms with Gasteiger partial charge in [-0.1, -0.05) is 41.7 Å². The first-order valence-corrected chi connectivity index (χ1v) is 14.9. The zero-order valence-electron chi connectivity index (χ0n) is 20.4. The number of ether oxygens (including phenoxy) is 2. The lowest BCUT2D eigenvalue weighted by Crippen LogP contribution is -2.44. The number of nitrogens with zero attached hydrogens (tertiary/aromatic N) is 3. The van der Waals surface area contributed by atoms with E-state index in [9.17, 15) is 24.4 Å². The smallest absolute Gasteiger partial charge is 0.327 e. The Morgan fingerprint density at radius 1 is 1.42 bits per heavy atom. The van der Waals surface area contributed by atoms with Gasteiger partial charge >= 0.3 is 12.7 Å². The molecule has 7 atom stereocenters. The number of nitrogens with one attached hydrogen (secondary N) is 2. The molecule has 3 aromatic rings. The molecule has 2 aliphatic heterocycles. The Hall–Kier alpha value is -2.78. The monoisotopic (exact) mass is 566 g/mol. The molecule has 0 spiro atoms. The summed E-state index contributed by atoms with van der Waals surface area (Å²) in [5.41, 5.74) is 4.07. The second-order valence-electron chi connectivity index (χ2n) is 9.23. The summed E-state index contributed by atoms with van der Waals surface area (Å²) in [6.07, 6.45) is -3.03. The van der Waals surface area contributed by atoms with Crippen LogP contribution in [0.25, 0.3) is 11.2 Å². The lowest BCUT2D eigenvalue weighted by molar-refractivity contribution is -0.150. The molecule has 0 radical (unpaired) electrons. The molecule has 1 aromatic carbocycles. The van der Waals surface area contributed by atoms with Crippen LogP contribution in [0.1, 0.15) is 31.7 Å². The van der Waals surface area contributed by atoms with Gasteiger partial charge in [-0.15, -0.1) is 0 Å². The fourth-order valence-corrected chi connectivity index (χ4v) is 8.23. The van der Waals surface area contributed by atoms with Crippen LogP contribution < -0.4 is 16.4 Å². The zero-order valence-corrected chi connectivity index (χ0v) is 22.1. The van der Waals surface area contributed by atoms with Gasteiger partial charge in [-0.3, -0.25) is 23.7 Å². The van der Waals surface area contributed by atoms with Crippen LogP contribution >= 0.6 is 18.1 Å². The van der Waals surface area contributed by atoms with Crippen molar-refractivity contribution in [2.75, 3.05) is 18.1 Å². The number of aromatic amines is 1. The number of aromatic nitrogens is 4. The maximum absolute atomic E-state index is 13.2. The van der Waals surface area contributed by atoms with E-state index in [4.69, 9.17) is 19.7 Å². The highest BCUT2D eigenvalue weighted by Gasteiger charge is 2.54. The van der Waals surface area contributed by atoms with Crippen molar-refractivity contribution in [1.29, 1.82) is 0 Å². The van der Waals surface area contributed by atoms with E-state index >= 15 is 0 Å². The molecule has 38 heavy (non-hydrogen) atoms. The summed E-state index contributed by atoms with van der Waals surface area (Å²) in [6, 6.07) is 8.37. The van der Waals surface area contributed by atoms with Crippen LogP contribution in [0.5, 0.6) is 0 Å². The van der Waals surface area contributed by atoms with Gasteiger partial charge < -0.3 is 29.9 Å². The van der Waals surface area contributed by atoms with Crippen LogP contribution in [-0.4, -0.2) is 71.9 Å². The fourth-order valence-electron chi connectivity index (χ4n) is 4.35. The first-order valence-electron chi connectivity index (χ1n) is 11.7. The molecular formula is C22H27N6O8PS. The van der Waals surface area contributed by atoms with Gasteiger partial charge in [0.25, 0.3) is 5.56 Å². The molecule has 0 aliphatic carbocycles. The summed E-state index contributed by atoms with van der Waals surface area (Å²) in [4.78, 5) is 35.1. The molecule has 2 aromatic heterocycles. The van der Waals surface area contributed by atoms with Crippen molar-refractivity contribution in [2.45, 2.75) is 50.0 Å². The number of esters is 1. The number of nitrogens with two attached hydrogens (primary N) is 1. The number of aliphatic hydroxyl groups excluding tert-OH is 1. The second kappa shape index (κ2) is 10.1. The maximum Gasteiger partial charge on any atom is 0.327 e. The number of carbonyl (C=O) groups is 1. The number of rotatable bonds is 7. The Labute approximate surface area is 220 Å². The minimum absolute atomic E-state index is 0.0247. The SMILES string of the molecule is C[C@H](OC(=O)C1CS[P@](=O)(OCC2O[C@@H](n3cnc4c(=O)[nH]c(N)nc43)[C@](C)(O)[C@@H]2O)N1)c1ccccc1. The normalized spacial score (nSPS) is 32.0. The van der Waals surface area contributed by atoms with Crippen molar-refractivity contribution in [1.82, 2.24) is 24.6 Å². The summed E-state index contributed by atoms with van der Waals surface area (Å²) in [7, 11) is 0. The second-order valence-corrected chi connectivity index (χ2v) is 13.6. The Morgan fingerprint density at radius 3 is 2.89 bits per heavy atom. The number of fused-ring (bicyclic) bond motifs is 1. The van der Waals surface area contributed by atoms with Gasteiger partial charge in [-0.25, -0.2) is 10.1 Å². The van der Waals surface area contributed by atoms with Gasteiger partial charge in [-0.05, 0) is 19.4 Å². The largest absolute Gasteiger partial charge is 0.457 e. The van der Waals surface area contributed by atoms with Crippen molar-refractivity contribution >= 4 is 41.2 Å². The van der Waals surface area contributed by atoms with E-state index in [0.29, 0.717) is 0 Å². The highest BCUT2D eigenvalue weighted by Crippen LogP contribution is 2.61. The number of imidazole rings is 1. The van der Waals surface area contributed by atoms with Crippen molar-refractivity contribution < 1.29 is 33.6 Å². The molecule has 6 N–H and O–H groups in total. The standard InChI is InChI=1S/C22H27N6O8PS/c1-11(12-6-4-3-5-7-12)35-19(31)13-9-38-37(33,27-13)34-8-14-16(29)22(2,32)20(36-14)28-10-24-15-17(28)25-21(23)26-18(15)30/h3-7,10-11,13-14,16,20,29,32H,8-9H2,1-2H3,(H,27,33)(H3,23,25,26,30)/t11-,13?,14?,16+,20+,22+,37+/m0/s1. The summed E-state index contributed by atoms with van der Waals surface area (Å²) >= 11 is 0.937. The summed E-state index contributed by atoms with van der Waals surface area (Å²) in [6.45, 7) is -0.825. The quantitative estimate of drug-likeness (QED) is 0.199. The topological polar surface area (TPSA) is 204 Å². The van der Waals surface area contributed by atoms with Crippen LogP contribution in [0.4, 0.5) is 5.95 Å². The molecule has 2 saturated heterocycles. The van der Waals surface area contributed by atoms with E-state index in [0.717, 1.165) is 16.9 Å². The number of hydrogen-bond acceptors (Lipinski definition) is 12. The summed E-state index contributed by atoms with van der Waals surface area (Å²) < 4.78 is 31.5. The molecule has 14 nitrogen and oxygen atoms in total. The Bertz CT molecular complexity index is 1450. The Kier molecular flexibility index (Phi) is 7.11. The van der Waals surface area contributed by atoms with Gasteiger partial charge in [0, 0.05) is 5.75 Å². The minimum Gasteiger partial charge on any atom is -0.457 e. The minimum atomic E-state index is -3.55. The van der Waals surface area contributed by atoms with Crippen LogP contribution in [0, 0.1) is 0 Å². The molecule has 2 aliphatic rings. The molecule has 204 valence electrons. The number of anilines is 1. The van der Waals surface area contributed by atoms with Gasteiger partial charge in [0.05, 0.1) is 12.9 Å². The lowest BCUT2D eigenvalue weighted by atomic mass is 9.96. The van der Waals surface area contributed by atoms with E-state index in [2.05, 4.69) is 20.0 Å². The van der Waals surface area contributed by atoms with Gasteiger partial charge in [-0.2, -0.15) is 4.98 Å². The fraction of sp³-hybridized carbons (Fsp3) is 0.455. The number of benzene rings is 1. The third kappa shape index (κ3) is 4.98. The highest BCUT2D eigenvalue weighted by atomic mass is 32.7. The van der Waals surface area contributed by atoms with Crippen molar-refractivity contribution in [3.63, 3.8) is 0 Å². The van der Waals surface area contributed by atoms with Gasteiger partial charge in [0.1, 0.15) is 30.0 Å². The molecular weight excluding hydrogens is 539 g/mol. The van der Waals surface area contributed by atoms with Gasteiger partial charge in [0.15, 0.2) is 17.4 Å². The predicted molar refractivity (Wildman–Crippen MR) is 137 cm³/mol. The molecule has 0 bridgehead atoms. The van der Waals surface area contributed by atoms with Crippen molar-refractivity contribution in [3.8, 4) is 0 Å². The number of carbonyl (C=O) groups excluding carboxylic acids is 1. The molecule has 2 unspecified atom stereocenters. The Morgan fingerprint density at radius 2 is 2.16 bits per heavy atom. The third-order valence-electron chi connectivity index (χ3n) is 6.44. The van der Waals surface area contributed by atoms with Crippen LogP contribution in [-0.2, 0) is 23.4 Å². The van der Waals surface area contributed by atoms with E-state index in [-0.39, 0.29) is 29.5 Å². The number of nitrogen functional groups attached to an aromatic ring is 1. The zero-order chi connectivity index (χ0) is 27.2. The number of hydrogen-bond donors (Lipinski definition) is 5. The maximum atomic E-state index is 13.2. The average molecular weight is 567 g/mol.